The number of aromatic nitrogens is 1. The number of aliphatic hydroxyl groups excluding tert-OH is 1. The highest BCUT2D eigenvalue weighted by Crippen LogP contribution is 2.50. The van der Waals surface area contributed by atoms with E-state index in [2.05, 4.69) is 16.0 Å². The van der Waals surface area contributed by atoms with Gasteiger partial charge in [0.15, 0.2) is 0 Å². The van der Waals surface area contributed by atoms with Crippen LogP contribution in [0.4, 0.5) is 4.39 Å². The summed E-state index contributed by atoms with van der Waals surface area (Å²) < 4.78 is 19.9. The molecule has 2 aliphatic heterocycles. The van der Waals surface area contributed by atoms with Crippen molar-refractivity contribution in [1.82, 2.24) is 14.8 Å². The monoisotopic (exact) mass is 449 g/mol. The van der Waals surface area contributed by atoms with Crippen LogP contribution in [0.3, 0.4) is 0 Å². The van der Waals surface area contributed by atoms with Crippen LogP contribution in [-0.4, -0.2) is 59.1 Å². The predicted octanol–water partition coefficient (Wildman–Crippen LogP) is 3.35. The van der Waals surface area contributed by atoms with Crippen molar-refractivity contribution in [2.75, 3.05) is 33.4 Å². The molecule has 0 unspecified atom stereocenters. The molecule has 6 nitrogen and oxygen atoms in total. The first-order chi connectivity index (χ1) is 16.0. The van der Waals surface area contributed by atoms with E-state index in [9.17, 15) is 14.3 Å². The Kier molecular flexibility index (Phi) is 4.74. The van der Waals surface area contributed by atoms with Gasteiger partial charge < -0.3 is 19.7 Å². The van der Waals surface area contributed by atoms with E-state index in [0.717, 1.165) is 35.2 Å². The number of H-pyrrole nitrogens is 1. The molecule has 1 atom stereocenters. The lowest BCUT2D eigenvalue weighted by molar-refractivity contribution is -0.142. The lowest BCUT2D eigenvalue weighted by atomic mass is 9.68. The highest BCUT2D eigenvalue weighted by atomic mass is 19.1. The quantitative estimate of drug-likeness (QED) is 0.627. The van der Waals surface area contributed by atoms with Gasteiger partial charge in [0.1, 0.15) is 11.6 Å². The minimum Gasteiger partial charge on any atom is -0.497 e. The minimum atomic E-state index is -0.281. The van der Waals surface area contributed by atoms with Crippen molar-refractivity contribution < 1.29 is 19.0 Å². The standard InChI is InChI=1S/C26H28FN3O3/c1-33-18-8-9-19-21(10-18)28-24-22(12-31)29(11-17-4-2-3-5-20(17)27)13-26(23(19)24)14-30(15-26)25(32)16-6-7-16/h2-5,8-10,16,22,28,31H,6-7,11-15H2,1H3/t22-/m1/s1. The zero-order valence-electron chi connectivity index (χ0n) is 18.7. The Bertz CT molecular complexity index is 1230. The molecule has 33 heavy (non-hydrogen) atoms. The molecular weight excluding hydrogens is 421 g/mol. The summed E-state index contributed by atoms with van der Waals surface area (Å²) in [6.45, 7) is 2.29. The number of likely N-dealkylation sites (tertiary alicyclic amines) is 1. The first-order valence-electron chi connectivity index (χ1n) is 11.6. The molecule has 172 valence electrons. The third kappa shape index (κ3) is 3.25. The number of amides is 1. The van der Waals surface area contributed by atoms with Crippen molar-refractivity contribution in [2.45, 2.75) is 30.8 Å². The van der Waals surface area contributed by atoms with Crippen LogP contribution >= 0.6 is 0 Å². The maximum atomic E-state index is 14.5. The maximum Gasteiger partial charge on any atom is 0.225 e. The number of aliphatic hydroxyl groups is 1. The van der Waals surface area contributed by atoms with Gasteiger partial charge in [-0.15, -0.1) is 0 Å². The summed E-state index contributed by atoms with van der Waals surface area (Å²) in [4.78, 5) is 20.4. The van der Waals surface area contributed by atoms with Gasteiger partial charge in [0.2, 0.25) is 5.91 Å². The second-order valence-corrected chi connectivity index (χ2v) is 9.77. The normalized spacial score (nSPS) is 21.8. The predicted molar refractivity (Wildman–Crippen MR) is 122 cm³/mol. The summed E-state index contributed by atoms with van der Waals surface area (Å²) in [5, 5.41) is 11.5. The summed E-state index contributed by atoms with van der Waals surface area (Å²) in [6, 6.07) is 12.5. The van der Waals surface area contributed by atoms with Crippen LogP contribution in [0.15, 0.2) is 42.5 Å². The van der Waals surface area contributed by atoms with Crippen molar-refractivity contribution in [2.24, 2.45) is 5.92 Å². The number of nitrogens with zero attached hydrogens (tertiary/aromatic N) is 2. The molecule has 2 aromatic carbocycles. The highest BCUT2D eigenvalue weighted by Gasteiger charge is 2.55. The van der Waals surface area contributed by atoms with Gasteiger partial charge in [0.25, 0.3) is 0 Å². The second-order valence-electron chi connectivity index (χ2n) is 9.77. The van der Waals surface area contributed by atoms with Crippen LogP contribution in [0.2, 0.25) is 0 Å². The Hall–Kier alpha value is -2.90. The van der Waals surface area contributed by atoms with Crippen molar-refractivity contribution in [1.29, 1.82) is 0 Å². The molecule has 1 aromatic heterocycles. The summed E-state index contributed by atoms with van der Waals surface area (Å²) in [7, 11) is 1.64. The SMILES string of the molecule is COc1ccc2c3c([nH]c2c1)[C@@H](CO)N(Cc1ccccc1F)CC31CN(C(=O)C2CC2)C1. The molecule has 3 heterocycles. The summed E-state index contributed by atoms with van der Waals surface area (Å²) >= 11 is 0. The van der Waals surface area contributed by atoms with Crippen LogP contribution in [0.1, 0.15) is 35.7 Å². The van der Waals surface area contributed by atoms with Crippen molar-refractivity contribution in [3.8, 4) is 5.75 Å². The number of benzene rings is 2. The number of nitrogens with one attached hydrogen (secondary N) is 1. The average Bonchev–Trinajstić information content (AvgIpc) is 3.58. The van der Waals surface area contributed by atoms with Crippen LogP contribution in [0.25, 0.3) is 10.9 Å². The zero-order valence-corrected chi connectivity index (χ0v) is 18.7. The number of ether oxygens (including phenoxy) is 1. The molecule has 1 saturated carbocycles. The number of carbonyl (C=O) groups is 1. The van der Waals surface area contributed by atoms with E-state index in [-0.39, 0.29) is 35.7 Å². The second kappa shape index (κ2) is 7.57. The van der Waals surface area contributed by atoms with E-state index < -0.39 is 0 Å². The number of hydrogen-bond donors (Lipinski definition) is 2. The lowest BCUT2D eigenvalue weighted by Gasteiger charge is -2.56. The largest absolute Gasteiger partial charge is 0.497 e. The molecule has 2 fully saturated rings. The zero-order chi connectivity index (χ0) is 22.7. The van der Waals surface area contributed by atoms with E-state index in [1.165, 1.54) is 11.6 Å². The van der Waals surface area contributed by atoms with Gasteiger partial charge >= 0.3 is 0 Å². The lowest BCUT2D eigenvalue weighted by Crippen LogP contribution is -2.67. The molecule has 2 N–H and O–H groups in total. The van der Waals surface area contributed by atoms with E-state index in [1.54, 1.807) is 19.2 Å². The molecule has 3 aromatic rings. The van der Waals surface area contributed by atoms with Gasteiger partial charge in [0, 0.05) is 65.7 Å². The summed E-state index contributed by atoms with van der Waals surface area (Å²) in [6.07, 6.45) is 1.99. The molecule has 3 aliphatic rings. The van der Waals surface area contributed by atoms with Crippen LogP contribution in [-0.2, 0) is 16.8 Å². The van der Waals surface area contributed by atoms with Crippen molar-refractivity contribution in [3.63, 3.8) is 0 Å². The number of halogens is 1. The summed E-state index contributed by atoms with van der Waals surface area (Å²) in [5.41, 5.74) is 3.46. The van der Waals surface area contributed by atoms with Crippen molar-refractivity contribution >= 4 is 16.8 Å². The number of carbonyl (C=O) groups excluding carboxylic acids is 1. The smallest absolute Gasteiger partial charge is 0.225 e. The molecule has 0 radical (unpaired) electrons. The van der Waals surface area contributed by atoms with Gasteiger partial charge in [-0.25, -0.2) is 4.39 Å². The molecule has 0 bridgehead atoms. The first kappa shape index (κ1) is 20.7. The Morgan fingerprint density at radius 1 is 1.21 bits per heavy atom. The van der Waals surface area contributed by atoms with Crippen molar-refractivity contribution in [3.05, 3.63) is 65.1 Å². The van der Waals surface area contributed by atoms with Gasteiger partial charge in [-0.05, 0) is 36.6 Å². The Morgan fingerprint density at radius 2 is 2.00 bits per heavy atom. The Morgan fingerprint density at radius 3 is 2.70 bits per heavy atom. The first-order valence-corrected chi connectivity index (χ1v) is 11.6. The van der Waals surface area contributed by atoms with E-state index in [1.807, 2.05) is 23.1 Å². The van der Waals surface area contributed by atoms with Gasteiger partial charge in [-0.1, -0.05) is 18.2 Å². The topological polar surface area (TPSA) is 68.8 Å². The number of hydrogen-bond acceptors (Lipinski definition) is 4. The Balaban J connectivity index is 1.43. The number of rotatable bonds is 5. The highest BCUT2D eigenvalue weighted by molar-refractivity contribution is 5.89. The van der Waals surface area contributed by atoms with Gasteiger partial charge in [-0.2, -0.15) is 0 Å². The van der Waals surface area contributed by atoms with Crippen LogP contribution in [0, 0.1) is 11.7 Å². The molecular formula is C26H28FN3O3. The molecule has 1 saturated heterocycles. The number of methoxy groups -OCH3 is 1. The van der Waals surface area contributed by atoms with Gasteiger partial charge in [0.05, 0.1) is 19.8 Å². The minimum absolute atomic E-state index is 0.0772. The number of aromatic amines is 1. The van der Waals surface area contributed by atoms with E-state index >= 15 is 0 Å². The Labute approximate surface area is 191 Å². The third-order valence-electron chi connectivity index (χ3n) is 7.57. The molecule has 1 aliphatic carbocycles. The molecule has 6 rings (SSSR count). The van der Waals surface area contributed by atoms with Crippen LogP contribution < -0.4 is 4.74 Å². The molecule has 1 amide bonds. The molecule has 1 spiro atoms. The fraction of sp³-hybridized carbons (Fsp3) is 0.423. The van der Waals surface area contributed by atoms with E-state index in [0.29, 0.717) is 31.7 Å². The molecule has 7 heteroatoms. The fourth-order valence-electron chi connectivity index (χ4n) is 5.81. The summed E-state index contributed by atoms with van der Waals surface area (Å²) in [5.74, 6) is 0.971. The third-order valence-corrected chi connectivity index (χ3v) is 7.57. The fourth-order valence-corrected chi connectivity index (χ4v) is 5.81. The van der Waals surface area contributed by atoms with Crippen LogP contribution in [0.5, 0.6) is 5.75 Å². The number of fused-ring (bicyclic) bond motifs is 4. The van der Waals surface area contributed by atoms with E-state index in [4.69, 9.17) is 4.74 Å². The maximum absolute atomic E-state index is 14.5. The average molecular weight is 450 g/mol. The van der Waals surface area contributed by atoms with Gasteiger partial charge in [-0.3, -0.25) is 9.69 Å².